The number of hydrogen-bond donors (Lipinski definition) is 0. The Bertz CT molecular complexity index is 525. The van der Waals surface area contributed by atoms with Gasteiger partial charge in [-0.25, -0.2) is 8.42 Å². The van der Waals surface area contributed by atoms with Crippen LogP contribution in [0.1, 0.15) is 32.6 Å². The third-order valence-electron chi connectivity index (χ3n) is 3.98. The lowest BCUT2D eigenvalue weighted by Crippen LogP contribution is -2.39. The zero-order valence-electron chi connectivity index (χ0n) is 11.9. The Balaban J connectivity index is 2.20. The summed E-state index contributed by atoms with van der Waals surface area (Å²) in [4.78, 5) is 2.78. The van der Waals surface area contributed by atoms with E-state index in [9.17, 15) is 8.42 Å². The number of alkyl halides is 1. The average Bonchev–Trinajstić information content (AvgIpc) is 2.48. The molecule has 3 nitrogen and oxygen atoms in total. The highest BCUT2D eigenvalue weighted by molar-refractivity contribution is 7.91. The normalized spacial score (nSPS) is 20.1. The van der Waals surface area contributed by atoms with Gasteiger partial charge in [-0.05, 0) is 49.9 Å². The number of hydrogen-bond acceptors (Lipinski definition) is 3. The SMILES string of the molecule is CCS(=O)(=O)c1ccc(N2CCCCC2CCCl)cc1. The zero-order valence-corrected chi connectivity index (χ0v) is 13.5. The molecule has 0 bridgehead atoms. The highest BCUT2D eigenvalue weighted by atomic mass is 35.5. The number of piperidine rings is 1. The van der Waals surface area contributed by atoms with Crippen LogP contribution in [-0.4, -0.2) is 32.6 Å². The first-order valence-electron chi connectivity index (χ1n) is 7.24. The van der Waals surface area contributed by atoms with Gasteiger partial charge in [0.25, 0.3) is 0 Å². The van der Waals surface area contributed by atoms with Crippen LogP contribution in [0.5, 0.6) is 0 Å². The molecule has 112 valence electrons. The van der Waals surface area contributed by atoms with Crippen molar-refractivity contribution in [2.24, 2.45) is 0 Å². The molecule has 1 aliphatic heterocycles. The van der Waals surface area contributed by atoms with Crippen molar-refractivity contribution in [3.63, 3.8) is 0 Å². The second-order valence-corrected chi connectivity index (χ2v) is 7.87. The average molecular weight is 316 g/mol. The molecule has 5 heteroatoms. The third kappa shape index (κ3) is 3.47. The summed E-state index contributed by atoms with van der Waals surface area (Å²) in [6.45, 7) is 2.70. The molecule has 1 aliphatic rings. The molecule has 2 rings (SSSR count). The minimum atomic E-state index is -3.11. The molecule has 1 atom stereocenters. The van der Waals surface area contributed by atoms with E-state index in [1.54, 1.807) is 19.1 Å². The van der Waals surface area contributed by atoms with E-state index in [1.165, 1.54) is 19.3 Å². The quantitative estimate of drug-likeness (QED) is 0.781. The summed E-state index contributed by atoms with van der Waals surface area (Å²) in [5.74, 6) is 0.814. The van der Waals surface area contributed by atoms with Crippen molar-refractivity contribution in [2.45, 2.75) is 43.5 Å². The summed E-state index contributed by atoms with van der Waals surface area (Å²) in [7, 11) is -3.11. The van der Waals surface area contributed by atoms with Crippen molar-refractivity contribution in [2.75, 3.05) is 23.1 Å². The molecule has 0 aliphatic carbocycles. The Hall–Kier alpha value is -0.740. The van der Waals surface area contributed by atoms with Crippen LogP contribution >= 0.6 is 11.6 Å². The summed E-state index contributed by atoms with van der Waals surface area (Å²) >= 11 is 5.89. The maximum absolute atomic E-state index is 11.8. The summed E-state index contributed by atoms with van der Waals surface area (Å²) in [6, 6.07) is 7.78. The van der Waals surface area contributed by atoms with Crippen LogP contribution in [0.4, 0.5) is 5.69 Å². The van der Waals surface area contributed by atoms with Gasteiger partial charge in [-0.2, -0.15) is 0 Å². The Kier molecular flexibility index (Phi) is 5.33. The molecule has 1 fully saturated rings. The predicted molar refractivity (Wildman–Crippen MR) is 84.5 cm³/mol. The minimum absolute atomic E-state index is 0.144. The summed E-state index contributed by atoms with van der Waals surface area (Å²) in [6.07, 6.45) is 4.59. The van der Waals surface area contributed by atoms with Gasteiger partial charge in [0.1, 0.15) is 0 Å². The van der Waals surface area contributed by atoms with Crippen LogP contribution in [0, 0.1) is 0 Å². The lowest BCUT2D eigenvalue weighted by Gasteiger charge is -2.37. The van der Waals surface area contributed by atoms with Gasteiger partial charge in [-0.3, -0.25) is 0 Å². The zero-order chi connectivity index (χ0) is 14.6. The number of sulfone groups is 1. The third-order valence-corrected chi connectivity index (χ3v) is 5.95. The van der Waals surface area contributed by atoms with Gasteiger partial charge in [0, 0.05) is 24.2 Å². The molecule has 0 saturated carbocycles. The summed E-state index contributed by atoms with van der Waals surface area (Å²) in [5.41, 5.74) is 1.11. The molecule has 20 heavy (non-hydrogen) atoms. The standard InChI is InChI=1S/C15H22ClNO2S/c1-2-20(18,19)15-8-6-14(7-9-15)17-12-4-3-5-13(17)10-11-16/h6-9,13H,2-5,10-12H2,1H3. The Morgan fingerprint density at radius 2 is 1.95 bits per heavy atom. The Morgan fingerprint density at radius 1 is 1.25 bits per heavy atom. The topological polar surface area (TPSA) is 37.4 Å². The van der Waals surface area contributed by atoms with Crippen molar-refractivity contribution in [3.05, 3.63) is 24.3 Å². The molecular weight excluding hydrogens is 294 g/mol. The second kappa shape index (κ2) is 6.81. The maximum Gasteiger partial charge on any atom is 0.178 e. The van der Waals surface area contributed by atoms with E-state index in [4.69, 9.17) is 11.6 Å². The van der Waals surface area contributed by atoms with Gasteiger partial charge >= 0.3 is 0 Å². The lowest BCUT2D eigenvalue weighted by molar-refractivity contribution is 0.451. The first kappa shape index (κ1) is 15.6. The molecule has 1 unspecified atom stereocenters. The van der Waals surface area contributed by atoms with Crippen LogP contribution in [0.3, 0.4) is 0 Å². The molecule has 1 aromatic carbocycles. The highest BCUT2D eigenvalue weighted by Gasteiger charge is 2.22. The summed E-state index contributed by atoms with van der Waals surface area (Å²) in [5, 5.41) is 0. The smallest absolute Gasteiger partial charge is 0.178 e. The van der Waals surface area contributed by atoms with Crippen LogP contribution in [0.25, 0.3) is 0 Å². The number of rotatable bonds is 5. The van der Waals surface area contributed by atoms with Crippen LogP contribution in [0.15, 0.2) is 29.2 Å². The van der Waals surface area contributed by atoms with Crippen molar-refractivity contribution in [3.8, 4) is 0 Å². The van der Waals surface area contributed by atoms with E-state index in [2.05, 4.69) is 4.90 Å². The number of nitrogens with zero attached hydrogens (tertiary/aromatic N) is 1. The lowest BCUT2D eigenvalue weighted by atomic mass is 9.99. The van der Waals surface area contributed by atoms with Crippen molar-refractivity contribution in [1.82, 2.24) is 0 Å². The fraction of sp³-hybridized carbons (Fsp3) is 0.600. The first-order valence-corrected chi connectivity index (χ1v) is 9.42. The van der Waals surface area contributed by atoms with Gasteiger partial charge in [-0.15, -0.1) is 11.6 Å². The van der Waals surface area contributed by atoms with Crippen molar-refractivity contribution >= 4 is 27.1 Å². The molecule has 1 heterocycles. The number of anilines is 1. The largest absolute Gasteiger partial charge is 0.369 e. The molecule has 0 N–H and O–H groups in total. The molecule has 0 radical (unpaired) electrons. The minimum Gasteiger partial charge on any atom is -0.369 e. The van der Waals surface area contributed by atoms with Crippen LogP contribution in [0.2, 0.25) is 0 Å². The fourth-order valence-corrected chi connectivity index (χ4v) is 3.91. The van der Waals surface area contributed by atoms with Gasteiger partial charge in [0.05, 0.1) is 10.6 Å². The predicted octanol–water partition coefficient (Wildman–Crippen LogP) is 3.47. The first-order chi connectivity index (χ1) is 9.58. The summed E-state index contributed by atoms with van der Waals surface area (Å²) < 4.78 is 23.6. The number of halogens is 1. The van der Waals surface area contributed by atoms with E-state index in [0.717, 1.165) is 18.7 Å². The van der Waals surface area contributed by atoms with Crippen molar-refractivity contribution in [1.29, 1.82) is 0 Å². The van der Waals surface area contributed by atoms with E-state index >= 15 is 0 Å². The molecule has 1 saturated heterocycles. The molecule has 0 aromatic heterocycles. The molecule has 0 amide bonds. The van der Waals surface area contributed by atoms with Crippen molar-refractivity contribution < 1.29 is 8.42 Å². The van der Waals surface area contributed by atoms with E-state index in [1.807, 2.05) is 12.1 Å². The fourth-order valence-electron chi connectivity index (χ4n) is 2.78. The van der Waals surface area contributed by atoms with Gasteiger partial charge in [0.2, 0.25) is 0 Å². The molecule has 0 spiro atoms. The Labute approximate surface area is 126 Å². The highest BCUT2D eigenvalue weighted by Crippen LogP contribution is 2.27. The van der Waals surface area contributed by atoms with Gasteiger partial charge in [0.15, 0.2) is 9.84 Å². The maximum atomic E-state index is 11.8. The van der Waals surface area contributed by atoms with E-state index in [-0.39, 0.29) is 5.75 Å². The van der Waals surface area contributed by atoms with Crippen LogP contribution < -0.4 is 4.90 Å². The second-order valence-electron chi connectivity index (χ2n) is 5.22. The van der Waals surface area contributed by atoms with Gasteiger partial charge in [-0.1, -0.05) is 6.92 Å². The van der Waals surface area contributed by atoms with E-state index < -0.39 is 9.84 Å². The van der Waals surface area contributed by atoms with Gasteiger partial charge < -0.3 is 4.90 Å². The molecular formula is C15H22ClNO2S. The molecule has 1 aromatic rings. The monoisotopic (exact) mass is 315 g/mol. The van der Waals surface area contributed by atoms with E-state index in [0.29, 0.717) is 16.8 Å². The Morgan fingerprint density at radius 3 is 2.55 bits per heavy atom. The van der Waals surface area contributed by atoms with Crippen LogP contribution in [-0.2, 0) is 9.84 Å². The number of benzene rings is 1.